The number of phenolic OH excluding ortho intramolecular Hbond substituents is 1. The lowest BCUT2D eigenvalue weighted by Crippen LogP contribution is -2.00. The highest BCUT2D eigenvalue weighted by molar-refractivity contribution is 9.10. The van der Waals surface area contributed by atoms with Crippen LogP contribution in [0.3, 0.4) is 0 Å². The average Bonchev–Trinajstić information content (AvgIpc) is 2.11. The maximum Gasteiger partial charge on any atom is 0.124 e. The minimum absolute atomic E-state index is 0.207. The van der Waals surface area contributed by atoms with Gasteiger partial charge in [-0.3, -0.25) is 0 Å². The van der Waals surface area contributed by atoms with Crippen LogP contribution in [0.1, 0.15) is 35.3 Å². The van der Waals surface area contributed by atoms with Crippen molar-refractivity contribution in [1.82, 2.24) is 0 Å². The average molecular weight is 259 g/mol. The van der Waals surface area contributed by atoms with Gasteiger partial charge < -0.3 is 10.2 Å². The van der Waals surface area contributed by atoms with Gasteiger partial charge in [0.2, 0.25) is 0 Å². The first-order valence-electron chi connectivity index (χ1n) is 4.54. The molecule has 2 N–H and O–H groups in total. The van der Waals surface area contributed by atoms with E-state index in [1.165, 1.54) is 0 Å². The Bertz CT molecular complexity index is 341. The minimum atomic E-state index is -0.648. The standard InChI is InChI=1S/C11H15BrO2/c1-5-6(2)11(14)9(8(4)13)7(3)10(5)12/h8,13-14H,1-4H3. The van der Waals surface area contributed by atoms with Crippen LogP contribution in [0.25, 0.3) is 0 Å². The smallest absolute Gasteiger partial charge is 0.124 e. The number of benzene rings is 1. The van der Waals surface area contributed by atoms with Crippen LogP contribution >= 0.6 is 15.9 Å². The van der Waals surface area contributed by atoms with Crippen LogP contribution in [-0.2, 0) is 0 Å². The Balaban J connectivity index is 3.60. The summed E-state index contributed by atoms with van der Waals surface area (Å²) in [5.74, 6) is 0.207. The van der Waals surface area contributed by atoms with E-state index in [-0.39, 0.29) is 5.75 Å². The summed E-state index contributed by atoms with van der Waals surface area (Å²) in [6.45, 7) is 7.33. The van der Waals surface area contributed by atoms with Crippen LogP contribution in [0.5, 0.6) is 5.75 Å². The van der Waals surface area contributed by atoms with Crippen molar-refractivity contribution >= 4 is 15.9 Å². The Labute approximate surface area is 92.7 Å². The molecular formula is C11H15BrO2. The molecule has 1 atom stereocenters. The van der Waals surface area contributed by atoms with Gasteiger partial charge in [0, 0.05) is 10.0 Å². The van der Waals surface area contributed by atoms with Crippen molar-refractivity contribution in [3.05, 3.63) is 26.7 Å². The maximum atomic E-state index is 9.87. The molecule has 0 aromatic heterocycles. The molecule has 1 unspecified atom stereocenters. The molecule has 0 aliphatic heterocycles. The molecule has 0 aliphatic carbocycles. The highest BCUT2D eigenvalue weighted by Gasteiger charge is 2.18. The van der Waals surface area contributed by atoms with Gasteiger partial charge in [0.15, 0.2) is 0 Å². The largest absolute Gasteiger partial charge is 0.507 e. The Kier molecular flexibility index (Phi) is 3.22. The van der Waals surface area contributed by atoms with Crippen LogP contribution < -0.4 is 0 Å². The van der Waals surface area contributed by atoms with E-state index >= 15 is 0 Å². The van der Waals surface area contributed by atoms with Gasteiger partial charge in [-0.25, -0.2) is 0 Å². The number of halogens is 1. The summed E-state index contributed by atoms with van der Waals surface area (Å²) in [4.78, 5) is 0. The molecule has 78 valence electrons. The molecule has 1 aromatic rings. The first-order valence-corrected chi connectivity index (χ1v) is 5.33. The minimum Gasteiger partial charge on any atom is -0.507 e. The second-order valence-electron chi connectivity index (χ2n) is 3.63. The van der Waals surface area contributed by atoms with Gasteiger partial charge in [0.1, 0.15) is 5.75 Å². The van der Waals surface area contributed by atoms with E-state index in [4.69, 9.17) is 0 Å². The number of aliphatic hydroxyl groups excluding tert-OH is 1. The lowest BCUT2D eigenvalue weighted by atomic mass is 9.96. The van der Waals surface area contributed by atoms with Gasteiger partial charge >= 0.3 is 0 Å². The molecule has 0 aliphatic rings. The number of hydrogen-bond donors (Lipinski definition) is 2. The van der Waals surface area contributed by atoms with Crippen LogP contribution in [0.4, 0.5) is 0 Å². The Morgan fingerprint density at radius 2 is 1.57 bits per heavy atom. The Morgan fingerprint density at radius 3 is 2.00 bits per heavy atom. The molecule has 0 radical (unpaired) electrons. The predicted molar refractivity (Wildman–Crippen MR) is 60.7 cm³/mol. The molecule has 0 fully saturated rings. The van der Waals surface area contributed by atoms with Crippen molar-refractivity contribution in [2.75, 3.05) is 0 Å². The van der Waals surface area contributed by atoms with E-state index < -0.39 is 6.10 Å². The van der Waals surface area contributed by atoms with Gasteiger partial charge in [0.05, 0.1) is 6.10 Å². The monoisotopic (exact) mass is 258 g/mol. The van der Waals surface area contributed by atoms with Crippen molar-refractivity contribution in [3.8, 4) is 5.75 Å². The summed E-state index contributed by atoms with van der Waals surface area (Å²) in [5, 5.41) is 19.4. The molecule has 0 heterocycles. The molecule has 0 saturated heterocycles. The Morgan fingerprint density at radius 1 is 1.07 bits per heavy atom. The van der Waals surface area contributed by atoms with E-state index in [2.05, 4.69) is 15.9 Å². The Hall–Kier alpha value is -0.540. The fourth-order valence-corrected chi connectivity index (χ4v) is 2.14. The molecule has 1 rings (SSSR count). The molecule has 0 bridgehead atoms. The molecule has 1 aromatic carbocycles. The first-order chi connectivity index (χ1) is 6.37. The van der Waals surface area contributed by atoms with Crippen molar-refractivity contribution in [2.45, 2.75) is 33.8 Å². The van der Waals surface area contributed by atoms with Crippen molar-refractivity contribution in [3.63, 3.8) is 0 Å². The summed E-state index contributed by atoms with van der Waals surface area (Å²) in [5.41, 5.74) is 3.35. The van der Waals surface area contributed by atoms with E-state index in [9.17, 15) is 10.2 Å². The lowest BCUT2D eigenvalue weighted by molar-refractivity contribution is 0.194. The van der Waals surface area contributed by atoms with Gasteiger partial charge in [-0.15, -0.1) is 0 Å². The van der Waals surface area contributed by atoms with Crippen LogP contribution in [-0.4, -0.2) is 10.2 Å². The van der Waals surface area contributed by atoms with E-state index in [1.807, 2.05) is 20.8 Å². The van der Waals surface area contributed by atoms with Crippen LogP contribution in [0.2, 0.25) is 0 Å². The fourth-order valence-electron chi connectivity index (χ4n) is 1.63. The molecule has 3 heteroatoms. The number of phenols is 1. The topological polar surface area (TPSA) is 40.5 Å². The molecule has 2 nitrogen and oxygen atoms in total. The normalized spacial score (nSPS) is 13.0. The zero-order valence-electron chi connectivity index (χ0n) is 8.85. The molecule has 0 saturated carbocycles. The number of rotatable bonds is 1. The summed E-state index contributed by atoms with van der Waals surface area (Å²) in [6.07, 6.45) is -0.648. The first kappa shape index (κ1) is 11.5. The van der Waals surface area contributed by atoms with Crippen LogP contribution in [0, 0.1) is 20.8 Å². The third-order valence-corrected chi connectivity index (χ3v) is 3.84. The second-order valence-corrected chi connectivity index (χ2v) is 4.42. The zero-order chi connectivity index (χ0) is 11.0. The van der Waals surface area contributed by atoms with Crippen molar-refractivity contribution in [2.24, 2.45) is 0 Å². The summed E-state index contributed by atoms with van der Waals surface area (Å²) >= 11 is 3.46. The highest BCUT2D eigenvalue weighted by atomic mass is 79.9. The quantitative estimate of drug-likeness (QED) is 0.813. The number of hydrogen-bond acceptors (Lipinski definition) is 2. The zero-order valence-corrected chi connectivity index (χ0v) is 10.4. The molecule has 0 spiro atoms. The maximum absolute atomic E-state index is 9.87. The van der Waals surface area contributed by atoms with Gasteiger partial charge in [-0.2, -0.15) is 0 Å². The summed E-state index contributed by atoms with van der Waals surface area (Å²) in [7, 11) is 0. The summed E-state index contributed by atoms with van der Waals surface area (Å²) < 4.78 is 0.962. The number of aromatic hydroxyl groups is 1. The molecule has 0 amide bonds. The number of aliphatic hydroxyl groups is 1. The van der Waals surface area contributed by atoms with Gasteiger partial charge in [0.25, 0.3) is 0 Å². The molecule has 14 heavy (non-hydrogen) atoms. The summed E-state index contributed by atoms with van der Waals surface area (Å²) in [6, 6.07) is 0. The lowest BCUT2D eigenvalue weighted by Gasteiger charge is -2.17. The van der Waals surface area contributed by atoms with E-state index in [0.717, 1.165) is 21.2 Å². The molecular weight excluding hydrogens is 244 g/mol. The van der Waals surface area contributed by atoms with Gasteiger partial charge in [-0.1, -0.05) is 15.9 Å². The van der Waals surface area contributed by atoms with Gasteiger partial charge in [-0.05, 0) is 44.4 Å². The fraction of sp³-hybridized carbons (Fsp3) is 0.455. The third-order valence-electron chi connectivity index (χ3n) is 2.65. The third kappa shape index (κ3) is 1.66. The van der Waals surface area contributed by atoms with Crippen LogP contribution in [0.15, 0.2) is 4.47 Å². The second kappa shape index (κ2) is 3.91. The van der Waals surface area contributed by atoms with E-state index in [0.29, 0.717) is 5.56 Å². The van der Waals surface area contributed by atoms with E-state index in [1.54, 1.807) is 6.92 Å². The highest BCUT2D eigenvalue weighted by Crippen LogP contribution is 2.38. The predicted octanol–water partition coefficient (Wildman–Crippen LogP) is 3.13. The van der Waals surface area contributed by atoms with Crippen molar-refractivity contribution in [1.29, 1.82) is 0 Å². The van der Waals surface area contributed by atoms with Crippen molar-refractivity contribution < 1.29 is 10.2 Å². The SMILES string of the molecule is Cc1c(C)c(Br)c(C)c(C(C)O)c1O.